The summed E-state index contributed by atoms with van der Waals surface area (Å²) in [7, 11) is 0. The van der Waals surface area contributed by atoms with Gasteiger partial charge in [0.2, 0.25) is 5.89 Å². The molecule has 0 saturated heterocycles. The van der Waals surface area contributed by atoms with E-state index in [9.17, 15) is 0 Å². The maximum atomic E-state index is 5.61. The molecule has 0 fully saturated rings. The molecule has 0 radical (unpaired) electrons. The van der Waals surface area contributed by atoms with Gasteiger partial charge in [0.05, 0.1) is 6.20 Å². The van der Waals surface area contributed by atoms with Gasteiger partial charge in [-0.05, 0) is 30.2 Å². The first-order valence-corrected chi connectivity index (χ1v) is 5.01. The number of hydrogen-bond donors (Lipinski definition) is 1. The molecule has 1 heterocycles. The molecular formula is C12H14N2O. The maximum Gasteiger partial charge on any atom is 0.225 e. The number of aromatic nitrogens is 1. The van der Waals surface area contributed by atoms with Crippen molar-refractivity contribution in [3.05, 3.63) is 42.3 Å². The van der Waals surface area contributed by atoms with Gasteiger partial charge in [-0.1, -0.05) is 19.1 Å². The topological polar surface area (TPSA) is 52.0 Å². The summed E-state index contributed by atoms with van der Waals surface area (Å²) in [5.41, 5.74) is 7.84. The summed E-state index contributed by atoms with van der Waals surface area (Å²) in [5, 5.41) is 0. The van der Waals surface area contributed by atoms with E-state index in [-0.39, 0.29) is 0 Å². The minimum atomic E-state index is 0.392. The lowest BCUT2D eigenvalue weighted by Crippen LogP contribution is -2.08. The number of hydrogen-bond acceptors (Lipinski definition) is 3. The third kappa shape index (κ3) is 2.07. The molecule has 0 aliphatic heterocycles. The van der Waals surface area contributed by atoms with Crippen molar-refractivity contribution in [1.82, 2.24) is 4.98 Å². The van der Waals surface area contributed by atoms with Crippen LogP contribution in [0.1, 0.15) is 18.4 Å². The fourth-order valence-corrected chi connectivity index (χ4v) is 1.46. The summed E-state index contributed by atoms with van der Waals surface area (Å²) in [4.78, 5) is 4.09. The molecular weight excluding hydrogens is 188 g/mol. The predicted molar refractivity (Wildman–Crippen MR) is 59.4 cm³/mol. The second-order valence-electron chi connectivity index (χ2n) is 3.60. The normalized spacial score (nSPS) is 12.7. The Kier molecular flexibility index (Phi) is 2.83. The molecule has 3 nitrogen and oxygen atoms in total. The molecule has 2 aromatic rings. The van der Waals surface area contributed by atoms with E-state index in [4.69, 9.17) is 10.2 Å². The van der Waals surface area contributed by atoms with Crippen LogP contribution >= 0.6 is 0 Å². The molecule has 0 amide bonds. The number of benzene rings is 1. The first-order valence-electron chi connectivity index (χ1n) is 5.01. The second-order valence-corrected chi connectivity index (χ2v) is 3.60. The largest absolute Gasteiger partial charge is 0.445 e. The minimum absolute atomic E-state index is 0.392. The summed E-state index contributed by atoms with van der Waals surface area (Å²) in [6.45, 7) is 2.78. The highest BCUT2D eigenvalue weighted by molar-refractivity contribution is 5.53. The lowest BCUT2D eigenvalue weighted by Gasteiger charge is -2.08. The Morgan fingerprint density at radius 1 is 1.33 bits per heavy atom. The number of oxazole rings is 1. The Labute approximate surface area is 88.9 Å². The van der Waals surface area contributed by atoms with Crippen LogP contribution < -0.4 is 5.73 Å². The third-order valence-electron chi connectivity index (χ3n) is 2.51. The average molecular weight is 202 g/mol. The summed E-state index contributed by atoms with van der Waals surface area (Å²) >= 11 is 0. The maximum absolute atomic E-state index is 5.61. The van der Waals surface area contributed by atoms with Crippen LogP contribution in [0.15, 0.2) is 41.1 Å². The monoisotopic (exact) mass is 202 g/mol. The zero-order valence-corrected chi connectivity index (χ0v) is 8.68. The number of nitrogens with two attached hydrogens (primary N) is 1. The minimum Gasteiger partial charge on any atom is -0.445 e. The molecule has 0 spiro atoms. The molecule has 2 N–H and O–H groups in total. The summed E-state index contributed by atoms with van der Waals surface area (Å²) in [5.74, 6) is 1.05. The Morgan fingerprint density at radius 3 is 2.60 bits per heavy atom. The highest BCUT2D eigenvalue weighted by atomic mass is 16.3. The van der Waals surface area contributed by atoms with Crippen LogP contribution in [0, 0.1) is 0 Å². The lowest BCUT2D eigenvalue weighted by atomic mass is 10.0. The molecule has 0 saturated carbocycles. The van der Waals surface area contributed by atoms with E-state index in [0.29, 0.717) is 18.4 Å². The molecule has 3 heteroatoms. The van der Waals surface area contributed by atoms with Crippen LogP contribution in [0.5, 0.6) is 0 Å². The molecule has 1 aromatic heterocycles. The molecule has 15 heavy (non-hydrogen) atoms. The number of rotatable bonds is 3. The highest BCUT2D eigenvalue weighted by Gasteiger charge is 2.05. The van der Waals surface area contributed by atoms with Gasteiger partial charge >= 0.3 is 0 Å². The van der Waals surface area contributed by atoms with E-state index in [1.165, 1.54) is 5.56 Å². The Hall–Kier alpha value is -1.61. The first-order chi connectivity index (χ1) is 7.31. The van der Waals surface area contributed by atoms with Crippen LogP contribution in [0.4, 0.5) is 0 Å². The van der Waals surface area contributed by atoms with E-state index >= 15 is 0 Å². The molecule has 0 aliphatic rings. The lowest BCUT2D eigenvalue weighted by molar-refractivity contribution is 0.574. The van der Waals surface area contributed by atoms with Gasteiger partial charge in [-0.25, -0.2) is 4.98 Å². The van der Waals surface area contributed by atoms with Crippen molar-refractivity contribution in [3.63, 3.8) is 0 Å². The van der Waals surface area contributed by atoms with Crippen LogP contribution in [-0.4, -0.2) is 11.5 Å². The van der Waals surface area contributed by atoms with Crippen LogP contribution in [0.2, 0.25) is 0 Å². The fourth-order valence-electron chi connectivity index (χ4n) is 1.46. The molecule has 0 bridgehead atoms. The van der Waals surface area contributed by atoms with Crippen LogP contribution in [0.25, 0.3) is 11.5 Å². The van der Waals surface area contributed by atoms with Gasteiger partial charge in [-0.15, -0.1) is 0 Å². The van der Waals surface area contributed by atoms with E-state index in [0.717, 1.165) is 5.56 Å². The van der Waals surface area contributed by atoms with E-state index in [2.05, 4.69) is 24.0 Å². The molecule has 1 aromatic carbocycles. The van der Waals surface area contributed by atoms with Crippen molar-refractivity contribution in [3.8, 4) is 11.5 Å². The Morgan fingerprint density at radius 2 is 2.07 bits per heavy atom. The van der Waals surface area contributed by atoms with Gasteiger partial charge < -0.3 is 10.2 Å². The van der Waals surface area contributed by atoms with Crippen molar-refractivity contribution >= 4 is 0 Å². The summed E-state index contributed by atoms with van der Waals surface area (Å²) < 4.78 is 5.21. The second kappa shape index (κ2) is 4.28. The van der Waals surface area contributed by atoms with Crippen molar-refractivity contribution in [2.45, 2.75) is 12.8 Å². The fraction of sp³-hybridized carbons (Fsp3) is 0.250. The Balaban J connectivity index is 2.25. The third-order valence-corrected chi connectivity index (χ3v) is 2.51. The summed E-state index contributed by atoms with van der Waals surface area (Å²) in [6, 6.07) is 8.15. The molecule has 1 atom stereocenters. The molecule has 0 aliphatic carbocycles. The average Bonchev–Trinajstić information content (AvgIpc) is 2.82. The zero-order chi connectivity index (χ0) is 10.7. The van der Waals surface area contributed by atoms with E-state index in [1.54, 1.807) is 12.5 Å². The molecule has 2 rings (SSSR count). The van der Waals surface area contributed by atoms with Crippen LogP contribution in [0.3, 0.4) is 0 Å². The smallest absolute Gasteiger partial charge is 0.225 e. The van der Waals surface area contributed by atoms with Gasteiger partial charge in [0.1, 0.15) is 6.26 Å². The standard InChI is InChI=1S/C12H14N2O/c1-9(8-13)10-2-4-11(5-3-10)12-14-6-7-15-12/h2-7,9H,8,13H2,1H3. The summed E-state index contributed by atoms with van der Waals surface area (Å²) in [6.07, 6.45) is 3.22. The van der Waals surface area contributed by atoms with Crippen molar-refractivity contribution in [2.24, 2.45) is 5.73 Å². The Bertz CT molecular complexity index is 406. The van der Waals surface area contributed by atoms with Crippen LogP contribution in [-0.2, 0) is 0 Å². The molecule has 1 unspecified atom stereocenters. The van der Waals surface area contributed by atoms with E-state index < -0.39 is 0 Å². The first kappa shape index (κ1) is 9.93. The number of nitrogens with zero attached hydrogens (tertiary/aromatic N) is 1. The SMILES string of the molecule is CC(CN)c1ccc(-c2ncco2)cc1. The highest BCUT2D eigenvalue weighted by Crippen LogP contribution is 2.20. The van der Waals surface area contributed by atoms with Gasteiger partial charge in [0.25, 0.3) is 0 Å². The van der Waals surface area contributed by atoms with Gasteiger partial charge in [0.15, 0.2) is 0 Å². The van der Waals surface area contributed by atoms with Gasteiger partial charge in [-0.3, -0.25) is 0 Å². The molecule has 78 valence electrons. The zero-order valence-electron chi connectivity index (χ0n) is 8.68. The van der Waals surface area contributed by atoms with E-state index in [1.807, 2.05) is 12.1 Å². The van der Waals surface area contributed by atoms with Crippen molar-refractivity contribution in [1.29, 1.82) is 0 Å². The van der Waals surface area contributed by atoms with Gasteiger partial charge in [0, 0.05) is 5.56 Å². The van der Waals surface area contributed by atoms with Gasteiger partial charge in [-0.2, -0.15) is 0 Å². The predicted octanol–water partition coefficient (Wildman–Crippen LogP) is 2.40. The quantitative estimate of drug-likeness (QED) is 0.831. The van der Waals surface area contributed by atoms with Crippen molar-refractivity contribution < 1.29 is 4.42 Å². The van der Waals surface area contributed by atoms with Crippen molar-refractivity contribution in [2.75, 3.05) is 6.54 Å².